The lowest BCUT2D eigenvalue weighted by atomic mass is 9.89. The highest BCUT2D eigenvalue weighted by Crippen LogP contribution is 2.26. The molecule has 1 aliphatic carbocycles. The van der Waals surface area contributed by atoms with Gasteiger partial charge in [-0.1, -0.05) is 31.2 Å². The van der Waals surface area contributed by atoms with E-state index in [0.29, 0.717) is 0 Å². The minimum absolute atomic E-state index is 0.0399. The minimum Gasteiger partial charge on any atom is -0.484 e. The zero-order valence-electron chi connectivity index (χ0n) is 16.1. The van der Waals surface area contributed by atoms with Crippen molar-refractivity contribution in [1.82, 2.24) is 5.32 Å². The summed E-state index contributed by atoms with van der Waals surface area (Å²) >= 11 is 0. The standard InChI is InChI=1S/C23H29NO2/c1-4-22(20-11-10-18-7-5-6-8-19(18)14-20)24-23(25)15-26-21-12-9-16(2)17(3)13-21/h9-14,22H,4-8,15H2,1-3H3,(H,24,25). The van der Waals surface area contributed by atoms with E-state index >= 15 is 0 Å². The third-order valence-corrected chi connectivity index (χ3v) is 5.37. The number of rotatable bonds is 6. The fraction of sp³-hybridized carbons (Fsp3) is 0.435. The van der Waals surface area contributed by atoms with E-state index in [4.69, 9.17) is 4.74 Å². The molecule has 0 heterocycles. The molecule has 2 aromatic carbocycles. The highest BCUT2D eigenvalue weighted by molar-refractivity contribution is 5.78. The fourth-order valence-electron chi connectivity index (χ4n) is 3.58. The SMILES string of the molecule is CCC(NC(=O)COc1ccc(C)c(C)c1)c1ccc2c(c1)CCCC2. The number of nitrogens with one attached hydrogen (secondary N) is 1. The summed E-state index contributed by atoms with van der Waals surface area (Å²) < 4.78 is 5.66. The van der Waals surface area contributed by atoms with Crippen LogP contribution in [-0.2, 0) is 17.6 Å². The summed E-state index contributed by atoms with van der Waals surface area (Å²) in [4.78, 5) is 12.4. The number of aryl methyl sites for hydroxylation is 4. The van der Waals surface area contributed by atoms with Crippen molar-refractivity contribution in [3.63, 3.8) is 0 Å². The molecule has 0 fully saturated rings. The first kappa shape index (κ1) is 18.5. The number of ether oxygens (including phenoxy) is 1. The van der Waals surface area contributed by atoms with Crippen LogP contribution in [0, 0.1) is 13.8 Å². The molecule has 3 nitrogen and oxygen atoms in total. The van der Waals surface area contributed by atoms with E-state index in [9.17, 15) is 4.79 Å². The van der Waals surface area contributed by atoms with Crippen LogP contribution in [0.3, 0.4) is 0 Å². The molecule has 0 saturated heterocycles. The predicted octanol–water partition coefficient (Wildman–Crippen LogP) is 4.83. The van der Waals surface area contributed by atoms with Crippen LogP contribution in [0.2, 0.25) is 0 Å². The summed E-state index contributed by atoms with van der Waals surface area (Å²) in [6.45, 7) is 6.26. The molecule has 1 aliphatic rings. The molecule has 0 saturated carbocycles. The Hall–Kier alpha value is -2.29. The first-order chi connectivity index (χ1) is 12.6. The lowest BCUT2D eigenvalue weighted by molar-refractivity contribution is -0.123. The second-order valence-electron chi connectivity index (χ2n) is 7.30. The van der Waals surface area contributed by atoms with Crippen LogP contribution in [0.1, 0.15) is 60.0 Å². The minimum atomic E-state index is -0.0761. The van der Waals surface area contributed by atoms with Crippen LogP contribution in [0.4, 0.5) is 0 Å². The first-order valence-corrected chi connectivity index (χ1v) is 9.68. The Labute approximate surface area is 156 Å². The van der Waals surface area contributed by atoms with Gasteiger partial charge >= 0.3 is 0 Å². The summed E-state index contributed by atoms with van der Waals surface area (Å²) in [5.41, 5.74) is 6.52. The third-order valence-electron chi connectivity index (χ3n) is 5.37. The normalized spacial score (nSPS) is 14.4. The highest BCUT2D eigenvalue weighted by atomic mass is 16.5. The number of benzene rings is 2. The molecule has 0 radical (unpaired) electrons. The van der Waals surface area contributed by atoms with Gasteiger partial charge in [-0.15, -0.1) is 0 Å². The van der Waals surface area contributed by atoms with Gasteiger partial charge in [-0.05, 0) is 85.9 Å². The van der Waals surface area contributed by atoms with E-state index in [1.807, 2.05) is 25.1 Å². The van der Waals surface area contributed by atoms with Crippen LogP contribution in [0.15, 0.2) is 36.4 Å². The van der Waals surface area contributed by atoms with Crippen LogP contribution in [0.25, 0.3) is 0 Å². The number of hydrogen-bond acceptors (Lipinski definition) is 2. The van der Waals surface area contributed by atoms with Crippen molar-refractivity contribution in [3.8, 4) is 5.75 Å². The molecule has 1 N–H and O–H groups in total. The van der Waals surface area contributed by atoms with Crippen molar-refractivity contribution in [2.45, 2.75) is 58.9 Å². The molecule has 0 spiro atoms. The smallest absolute Gasteiger partial charge is 0.258 e. The Kier molecular flexibility index (Phi) is 5.97. The van der Waals surface area contributed by atoms with Crippen LogP contribution >= 0.6 is 0 Å². The van der Waals surface area contributed by atoms with Gasteiger partial charge in [0.1, 0.15) is 5.75 Å². The Balaban J connectivity index is 1.60. The summed E-state index contributed by atoms with van der Waals surface area (Å²) in [6, 6.07) is 12.6. The Morgan fingerprint density at radius 1 is 1.04 bits per heavy atom. The zero-order chi connectivity index (χ0) is 18.5. The van der Waals surface area contributed by atoms with Crippen LogP contribution in [-0.4, -0.2) is 12.5 Å². The summed E-state index contributed by atoms with van der Waals surface area (Å²) in [7, 11) is 0. The van der Waals surface area contributed by atoms with Gasteiger partial charge in [0, 0.05) is 0 Å². The molecule has 3 rings (SSSR count). The van der Waals surface area contributed by atoms with Gasteiger partial charge in [-0.2, -0.15) is 0 Å². The maximum atomic E-state index is 12.4. The molecule has 1 atom stereocenters. The molecule has 3 heteroatoms. The topological polar surface area (TPSA) is 38.3 Å². The highest BCUT2D eigenvalue weighted by Gasteiger charge is 2.16. The maximum Gasteiger partial charge on any atom is 0.258 e. The number of amides is 1. The van der Waals surface area contributed by atoms with Gasteiger partial charge in [0.25, 0.3) is 5.91 Å². The van der Waals surface area contributed by atoms with Gasteiger partial charge in [-0.3, -0.25) is 4.79 Å². The lowest BCUT2D eigenvalue weighted by Crippen LogP contribution is -2.32. The first-order valence-electron chi connectivity index (χ1n) is 9.68. The van der Waals surface area contributed by atoms with Crippen molar-refractivity contribution >= 4 is 5.91 Å². The summed E-state index contributed by atoms with van der Waals surface area (Å²) in [5, 5.41) is 3.12. The number of carbonyl (C=O) groups excluding carboxylic acids is 1. The van der Waals surface area contributed by atoms with E-state index in [1.54, 1.807) is 0 Å². The second-order valence-corrected chi connectivity index (χ2v) is 7.30. The average molecular weight is 351 g/mol. The van der Waals surface area contributed by atoms with E-state index in [0.717, 1.165) is 18.6 Å². The van der Waals surface area contributed by atoms with Gasteiger partial charge < -0.3 is 10.1 Å². The molecule has 26 heavy (non-hydrogen) atoms. The third kappa shape index (κ3) is 4.46. The Morgan fingerprint density at radius 2 is 1.81 bits per heavy atom. The van der Waals surface area contributed by atoms with E-state index in [2.05, 4.69) is 37.4 Å². The van der Waals surface area contributed by atoms with Gasteiger partial charge in [0.05, 0.1) is 6.04 Å². The summed E-state index contributed by atoms with van der Waals surface area (Å²) in [5.74, 6) is 0.665. The predicted molar refractivity (Wildman–Crippen MR) is 106 cm³/mol. The number of fused-ring (bicyclic) bond motifs is 1. The van der Waals surface area contributed by atoms with Gasteiger partial charge in [-0.25, -0.2) is 0 Å². The molecule has 0 bridgehead atoms. The van der Waals surface area contributed by atoms with Crippen LogP contribution < -0.4 is 10.1 Å². The maximum absolute atomic E-state index is 12.4. The monoisotopic (exact) mass is 351 g/mol. The van der Waals surface area contributed by atoms with Gasteiger partial charge in [0.2, 0.25) is 0 Å². The largest absolute Gasteiger partial charge is 0.484 e. The van der Waals surface area contributed by atoms with Crippen molar-refractivity contribution in [3.05, 3.63) is 64.2 Å². The van der Waals surface area contributed by atoms with E-state index < -0.39 is 0 Å². The summed E-state index contributed by atoms with van der Waals surface area (Å²) in [6.07, 6.45) is 5.76. The Bertz CT molecular complexity index is 782. The molecule has 0 aliphatic heterocycles. The van der Waals surface area contributed by atoms with Gasteiger partial charge in [0.15, 0.2) is 6.61 Å². The number of hydrogen-bond donors (Lipinski definition) is 1. The van der Waals surface area contributed by atoms with Crippen molar-refractivity contribution in [2.75, 3.05) is 6.61 Å². The van der Waals surface area contributed by atoms with Crippen molar-refractivity contribution in [2.24, 2.45) is 0 Å². The molecule has 2 aromatic rings. The number of carbonyl (C=O) groups is 1. The molecule has 0 aromatic heterocycles. The molecule has 138 valence electrons. The zero-order valence-corrected chi connectivity index (χ0v) is 16.1. The average Bonchev–Trinajstić information content (AvgIpc) is 2.66. The molecule has 1 unspecified atom stereocenters. The molecular formula is C23H29NO2. The Morgan fingerprint density at radius 3 is 2.54 bits per heavy atom. The molecule has 1 amide bonds. The second kappa shape index (κ2) is 8.39. The van der Waals surface area contributed by atoms with E-state index in [1.165, 1.54) is 47.1 Å². The quantitative estimate of drug-likeness (QED) is 0.809. The molecular weight excluding hydrogens is 322 g/mol. The van der Waals surface area contributed by atoms with E-state index in [-0.39, 0.29) is 18.6 Å². The van der Waals surface area contributed by atoms with Crippen molar-refractivity contribution < 1.29 is 9.53 Å². The fourth-order valence-corrected chi connectivity index (χ4v) is 3.58. The lowest BCUT2D eigenvalue weighted by Gasteiger charge is -2.22. The van der Waals surface area contributed by atoms with Crippen LogP contribution in [0.5, 0.6) is 5.75 Å². The van der Waals surface area contributed by atoms with Crippen molar-refractivity contribution in [1.29, 1.82) is 0 Å².